The zero-order valence-electron chi connectivity index (χ0n) is 19.2. The lowest BCUT2D eigenvalue weighted by Gasteiger charge is -2.23. The van der Waals surface area contributed by atoms with Crippen LogP contribution in [0, 0.1) is 6.92 Å². The third-order valence-corrected chi connectivity index (χ3v) is 6.44. The molecule has 2 atom stereocenters. The van der Waals surface area contributed by atoms with Gasteiger partial charge in [-0.25, -0.2) is 4.98 Å². The van der Waals surface area contributed by atoms with Gasteiger partial charge in [0.2, 0.25) is 0 Å². The first kappa shape index (κ1) is 22.7. The number of nitrogens with zero attached hydrogens (tertiary/aromatic N) is 2. The lowest BCUT2D eigenvalue weighted by molar-refractivity contribution is 0.0124. The van der Waals surface area contributed by atoms with Gasteiger partial charge in [-0.05, 0) is 57.4 Å². The fourth-order valence-corrected chi connectivity index (χ4v) is 4.46. The number of rotatable bonds is 9. The molecule has 3 N–H and O–H groups in total. The Labute approximate surface area is 188 Å². The molecule has 1 aliphatic carbocycles. The van der Waals surface area contributed by atoms with E-state index >= 15 is 0 Å². The molecule has 0 amide bonds. The number of aromatic amines is 1. The quantitative estimate of drug-likeness (QED) is 0.475. The number of hydrogen-bond donors (Lipinski definition) is 3. The van der Waals surface area contributed by atoms with E-state index in [1.165, 1.54) is 12.8 Å². The van der Waals surface area contributed by atoms with Gasteiger partial charge in [-0.2, -0.15) is 0 Å². The number of ether oxygens (including phenoxy) is 1. The average Bonchev–Trinajstić information content (AvgIpc) is 3.42. The topological polar surface area (TPSA) is 92.2 Å². The Kier molecular flexibility index (Phi) is 7.08. The van der Waals surface area contributed by atoms with Crippen LogP contribution in [-0.2, 0) is 17.8 Å². The second-order valence-electron chi connectivity index (χ2n) is 8.87. The number of fused-ring (bicyclic) bond motifs is 1. The summed E-state index contributed by atoms with van der Waals surface area (Å²) in [6, 6.07) is 8.05. The molecule has 1 aromatic carbocycles. The number of hydrogen-bond acceptors (Lipinski definition) is 5. The second-order valence-corrected chi connectivity index (χ2v) is 8.87. The van der Waals surface area contributed by atoms with Crippen molar-refractivity contribution in [3.8, 4) is 11.4 Å². The third-order valence-electron chi connectivity index (χ3n) is 6.44. The van der Waals surface area contributed by atoms with Crippen molar-refractivity contribution in [2.75, 3.05) is 6.61 Å². The summed E-state index contributed by atoms with van der Waals surface area (Å²) >= 11 is 0. The molecule has 2 heterocycles. The molecule has 0 radical (unpaired) electrons. The number of aryl methyl sites for hydroxylation is 2. The van der Waals surface area contributed by atoms with Gasteiger partial charge in [0.15, 0.2) is 0 Å². The van der Waals surface area contributed by atoms with Gasteiger partial charge in [0, 0.05) is 30.4 Å². The minimum absolute atomic E-state index is 0.0779. The molecule has 32 heavy (non-hydrogen) atoms. The van der Waals surface area contributed by atoms with E-state index in [1.54, 1.807) is 20.0 Å². The Morgan fingerprint density at radius 1 is 1.31 bits per heavy atom. The molecule has 7 nitrogen and oxygen atoms in total. The van der Waals surface area contributed by atoms with Gasteiger partial charge >= 0.3 is 0 Å². The minimum Gasteiger partial charge on any atom is -0.392 e. The number of aliphatic hydroxyl groups is 1. The molecular weight excluding hydrogens is 404 g/mol. The number of nitrogens with one attached hydrogen (secondary N) is 2. The maximum absolute atomic E-state index is 11.8. The molecule has 4 rings (SSSR count). The zero-order chi connectivity index (χ0) is 22.7. The molecule has 1 saturated carbocycles. The minimum atomic E-state index is -0.491. The molecule has 3 aromatic rings. The van der Waals surface area contributed by atoms with E-state index in [1.807, 2.05) is 6.07 Å². The molecule has 0 aliphatic heterocycles. The van der Waals surface area contributed by atoms with Crippen molar-refractivity contribution in [3.05, 3.63) is 51.9 Å². The average molecular weight is 439 g/mol. The van der Waals surface area contributed by atoms with Crippen LogP contribution in [0.15, 0.2) is 35.3 Å². The molecule has 0 bridgehead atoms. The summed E-state index contributed by atoms with van der Waals surface area (Å²) in [6.45, 7) is 7.64. The van der Waals surface area contributed by atoms with Crippen LogP contribution in [0.4, 0.5) is 0 Å². The summed E-state index contributed by atoms with van der Waals surface area (Å²) < 4.78 is 8.18. The van der Waals surface area contributed by atoms with Crippen LogP contribution in [0.1, 0.15) is 50.7 Å². The van der Waals surface area contributed by atoms with E-state index in [0.717, 1.165) is 47.4 Å². The third kappa shape index (κ3) is 4.95. The SMILES string of the molecule is CCn1c(-c2c[nH]c(=O)c(C)c2)nc2cc(CN[C@H](COC3CCCC3)[C@@H](C)O)ccc21. The predicted octanol–water partition coefficient (Wildman–Crippen LogP) is 3.52. The maximum atomic E-state index is 11.8. The Balaban J connectivity index is 1.51. The van der Waals surface area contributed by atoms with E-state index in [4.69, 9.17) is 9.72 Å². The van der Waals surface area contributed by atoms with Gasteiger partial charge in [0.05, 0.1) is 35.9 Å². The summed E-state index contributed by atoms with van der Waals surface area (Å²) in [7, 11) is 0. The van der Waals surface area contributed by atoms with Gasteiger partial charge in [-0.3, -0.25) is 4.79 Å². The number of benzene rings is 1. The van der Waals surface area contributed by atoms with Crippen molar-refractivity contribution < 1.29 is 9.84 Å². The summed E-state index contributed by atoms with van der Waals surface area (Å²) in [6.07, 6.45) is 6.30. The number of imidazole rings is 1. The van der Waals surface area contributed by atoms with Gasteiger partial charge in [0.25, 0.3) is 5.56 Å². The molecule has 0 unspecified atom stereocenters. The standard InChI is InChI=1S/C25H34N4O3/c1-4-29-23-10-9-18(13-26-22(17(3)30)15-32-20-7-5-6-8-20)12-21(23)28-24(29)19-11-16(2)25(31)27-14-19/h9-12,14,17,20,22,26,30H,4-8,13,15H2,1-3H3,(H,27,31)/t17-,22-/m1/s1. The number of pyridine rings is 1. The van der Waals surface area contributed by atoms with Crippen molar-refractivity contribution >= 4 is 11.0 Å². The Morgan fingerprint density at radius 2 is 2.09 bits per heavy atom. The Bertz CT molecular complexity index is 1110. The highest BCUT2D eigenvalue weighted by atomic mass is 16.5. The highest BCUT2D eigenvalue weighted by Gasteiger charge is 2.20. The lowest BCUT2D eigenvalue weighted by Crippen LogP contribution is -2.42. The van der Waals surface area contributed by atoms with Crippen LogP contribution in [-0.4, -0.2) is 44.5 Å². The van der Waals surface area contributed by atoms with Crippen LogP contribution in [0.25, 0.3) is 22.4 Å². The molecule has 172 valence electrons. The van der Waals surface area contributed by atoms with Gasteiger partial charge < -0.3 is 24.7 Å². The van der Waals surface area contributed by atoms with Crippen LogP contribution >= 0.6 is 0 Å². The molecular formula is C25H34N4O3. The highest BCUT2D eigenvalue weighted by Crippen LogP contribution is 2.25. The summed E-state index contributed by atoms with van der Waals surface area (Å²) in [5.41, 5.74) is 4.58. The first-order valence-corrected chi connectivity index (χ1v) is 11.7. The van der Waals surface area contributed by atoms with Gasteiger partial charge in [-0.1, -0.05) is 18.9 Å². The maximum Gasteiger partial charge on any atom is 0.250 e. The first-order valence-electron chi connectivity index (χ1n) is 11.7. The molecule has 2 aromatic heterocycles. The highest BCUT2D eigenvalue weighted by molar-refractivity contribution is 5.81. The van der Waals surface area contributed by atoms with Crippen LogP contribution in [0.2, 0.25) is 0 Å². The smallest absolute Gasteiger partial charge is 0.250 e. The van der Waals surface area contributed by atoms with Crippen LogP contribution < -0.4 is 10.9 Å². The molecule has 0 saturated heterocycles. The van der Waals surface area contributed by atoms with E-state index < -0.39 is 6.10 Å². The molecule has 1 fully saturated rings. The second kappa shape index (κ2) is 9.98. The van der Waals surface area contributed by atoms with Gasteiger partial charge in [0.1, 0.15) is 5.82 Å². The monoisotopic (exact) mass is 438 g/mol. The summed E-state index contributed by atoms with van der Waals surface area (Å²) in [5, 5.41) is 13.6. The normalized spacial score (nSPS) is 16.6. The number of aliphatic hydroxyl groups excluding tert-OH is 1. The molecule has 7 heteroatoms. The van der Waals surface area contributed by atoms with Crippen molar-refractivity contribution in [1.82, 2.24) is 19.9 Å². The van der Waals surface area contributed by atoms with E-state index in [-0.39, 0.29) is 11.6 Å². The van der Waals surface area contributed by atoms with Gasteiger partial charge in [-0.15, -0.1) is 0 Å². The number of H-pyrrole nitrogens is 1. The zero-order valence-corrected chi connectivity index (χ0v) is 19.2. The molecule has 0 spiro atoms. The van der Waals surface area contributed by atoms with E-state index in [9.17, 15) is 9.90 Å². The van der Waals surface area contributed by atoms with Crippen molar-refractivity contribution in [3.63, 3.8) is 0 Å². The lowest BCUT2D eigenvalue weighted by atomic mass is 10.1. The van der Waals surface area contributed by atoms with Crippen molar-refractivity contribution in [1.29, 1.82) is 0 Å². The van der Waals surface area contributed by atoms with Crippen LogP contribution in [0.3, 0.4) is 0 Å². The Hall–Kier alpha value is -2.48. The number of aromatic nitrogens is 3. The summed E-state index contributed by atoms with van der Waals surface area (Å²) in [4.78, 5) is 19.4. The predicted molar refractivity (Wildman–Crippen MR) is 127 cm³/mol. The fourth-order valence-electron chi connectivity index (χ4n) is 4.46. The Morgan fingerprint density at radius 3 is 2.78 bits per heavy atom. The van der Waals surface area contributed by atoms with E-state index in [2.05, 4.69) is 40.0 Å². The van der Waals surface area contributed by atoms with Crippen molar-refractivity contribution in [2.24, 2.45) is 0 Å². The molecule has 1 aliphatic rings. The first-order chi connectivity index (χ1) is 15.5. The van der Waals surface area contributed by atoms with Crippen molar-refractivity contribution in [2.45, 2.75) is 77.8 Å². The van der Waals surface area contributed by atoms with Crippen LogP contribution in [0.5, 0.6) is 0 Å². The fraction of sp³-hybridized carbons (Fsp3) is 0.520. The largest absolute Gasteiger partial charge is 0.392 e. The summed E-state index contributed by atoms with van der Waals surface area (Å²) in [5.74, 6) is 0.846. The van der Waals surface area contributed by atoms with E-state index in [0.29, 0.717) is 24.8 Å².